The van der Waals surface area contributed by atoms with Gasteiger partial charge in [0.15, 0.2) is 17.5 Å². The fraction of sp³-hybridized carbons (Fsp3) is 0. The second-order valence-corrected chi connectivity index (χ2v) is 11.6. The standard InChI is InChI=1S/C43H27N3O/c1-3-13-31(14-4-1)41-44-42(32-15-5-2-6-16-32)46-43(45-41)37-27-26-35(39-36-19-9-10-21-38(36)47-40(37)39)30-24-22-29(23-25-30)34-20-11-17-28-12-7-8-18-33(28)34/h1-27H. The highest BCUT2D eigenvalue weighted by Crippen LogP contribution is 2.42. The molecule has 0 N–H and O–H groups in total. The van der Waals surface area contributed by atoms with Crippen LogP contribution in [0.5, 0.6) is 0 Å². The molecule has 4 nitrogen and oxygen atoms in total. The molecule has 220 valence electrons. The summed E-state index contributed by atoms with van der Waals surface area (Å²) >= 11 is 0. The van der Waals surface area contributed by atoms with Gasteiger partial charge in [-0.25, -0.2) is 15.0 Å². The van der Waals surface area contributed by atoms with Gasteiger partial charge >= 0.3 is 0 Å². The lowest BCUT2D eigenvalue weighted by Crippen LogP contribution is -2.00. The van der Waals surface area contributed by atoms with Crippen LogP contribution < -0.4 is 0 Å². The molecule has 0 saturated carbocycles. The van der Waals surface area contributed by atoms with Crippen molar-refractivity contribution in [1.82, 2.24) is 15.0 Å². The van der Waals surface area contributed by atoms with Gasteiger partial charge in [0, 0.05) is 21.9 Å². The number of aromatic nitrogens is 3. The van der Waals surface area contributed by atoms with E-state index in [1.54, 1.807) is 0 Å². The van der Waals surface area contributed by atoms with E-state index in [0.29, 0.717) is 17.5 Å². The Morgan fingerprint density at radius 2 is 0.872 bits per heavy atom. The summed E-state index contributed by atoms with van der Waals surface area (Å²) in [4.78, 5) is 14.9. The highest BCUT2D eigenvalue weighted by molar-refractivity contribution is 6.16. The molecule has 2 aromatic heterocycles. The van der Waals surface area contributed by atoms with Gasteiger partial charge in [-0.3, -0.25) is 0 Å². The molecule has 0 aliphatic carbocycles. The van der Waals surface area contributed by atoms with E-state index in [1.807, 2.05) is 72.8 Å². The molecule has 0 unspecified atom stereocenters. The monoisotopic (exact) mass is 601 g/mol. The molecule has 9 aromatic rings. The summed E-state index contributed by atoms with van der Waals surface area (Å²) in [6.45, 7) is 0. The maximum absolute atomic E-state index is 6.63. The van der Waals surface area contributed by atoms with Crippen LogP contribution in [0.2, 0.25) is 0 Å². The van der Waals surface area contributed by atoms with Crippen molar-refractivity contribution in [2.75, 3.05) is 0 Å². The Kier molecular flexibility index (Phi) is 6.43. The molecule has 0 saturated heterocycles. The van der Waals surface area contributed by atoms with E-state index in [-0.39, 0.29) is 0 Å². The van der Waals surface area contributed by atoms with Crippen molar-refractivity contribution in [2.45, 2.75) is 0 Å². The molecule has 7 aromatic carbocycles. The molecule has 9 rings (SSSR count). The van der Waals surface area contributed by atoms with Gasteiger partial charge in [0.2, 0.25) is 0 Å². The lowest BCUT2D eigenvalue weighted by molar-refractivity contribution is 0.669. The summed E-state index contributed by atoms with van der Waals surface area (Å²) < 4.78 is 6.63. The number of benzene rings is 7. The van der Waals surface area contributed by atoms with Crippen molar-refractivity contribution in [3.63, 3.8) is 0 Å². The summed E-state index contributed by atoms with van der Waals surface area (Å²) in [5.74, 6) is 1.80. The Balaban J connectivity index is 1.23. The summed E-state index contributed by atoms with van der Waals surface area (Å²) in [6, 6.07) is 56.4. The van der Waals surface area contributed by atoms with Crippen LogP contribution in [0, 0.1) is 0 Å². The van der Waals surface area contributed by atoms with Crippen molar-refractivity contribution < 1.29 is 4.42 Å². The molecule has 4 heteroatoms. The second kappa shape index (κ2) is 11.2. The van der Waals surface area contributed by atoms with Crippen molar-refractivity contribution >= 4 is 32.7 Å². The smallest absolute Gasteiger partial charge is 0.167 e. The molecule has 0 spiro atoms. The van der Waals surface area contributed by atoms with E-state index < -0.39 is 0 Å². The minimum Gasteiger partial charge on any atom is -0.455 e. The van der Waals surface area contributed by atoms with E-state index >= 15 is 0 Å². The van der Waals surface area contributed by atoms with Crippen molar-refractivity contribution in [1.29, 1.82) is 0 Å². The Labute approximate surface area is 271 Å². The number of para-hydroxylation sites is 1. The zero-order valence-electron chi connectivity index (χ0n) is 25.3. The first-order chi connectivity index (χ1) is 23.3. The molecule has 0 amide bonds. The Morgan fingerprint density at radius 3 is 1.57 bits per heavy atom. The zero-order valence-corrected chi connectivity index (χ0v) is 25.3. The van der Waals surface area contributed by atoms with Gasteiger partial charge < -0.3 is 4.42 Å². The third kappa shape index (κ3) is 4.75. The molecule has 0 radical (unpaired) electrons. The van der Waals surface area contributed by atoms with Gasteiger partial charge in [-0.1, -0.05) is 152 Å². The molecule has 47 heavy (non-hydrogen) atoms. The van der Waals surface area contributed by atoms with Crippen LogP contribution in [-0.2, 0) is 0 Å². The van der Waals surface area contributed by atoms with Crippen LogP contribution in [0.4, 0.5) is 0 Å². The van der Waals surface area contributed by atoms with Gasteiger partial charge in [-0.2, -0.15) is 0 Å². The quantitative estimate of drug-likeness (QED) is 0.197. The molecule has 0 atom stereocenters. The number of nitrogens with zero attached hydrogens (tertiary/aromatic N) is 3. The van der Waals surface area contributed by atoms with Gasteiger partial charge in [0.05, 0.1) is 5.56 Å². The molecule has 0 fully saturated rings. The predicted molar refractivity (Wildman–Crippen MR) is 192 cm³/mol. The summed E-state index contributed by atoms with van der Waals surface area (Å²) in [7, 11) is 0. The van der Waals surface area contributed by atoms with Crippen LogP contribution in [0.3, 0.4) is 0 Å². The minimum atomic E-state index is 0.569. The summed E-state index contributed by atoms with van der Waals surface area (Å²) in [5, 5.41) is 4.58. The maximum Gasteiger partial charge on any atom is 0.167 e. The van der Waals surface area contributed by atoms with Crippen LogP contribution in [-0.4, -0.2) is 15.0 Å². The van der Waals surface area contributed by atoms with E-state index in [9.17, 15) is 0 Å². The number of rotatable bonds is 5. The topological polar surface area (TPSA) is 51.8 Å². The molecular weight excluding hydrogens is 574 g/mol. The van der Waals surface area contributed by atoms with E-state index in [1.165, 1.54) is 21.9 Å². The number of hydrogen-bond acceptors (Lipinski definition) is 4. The predicted octanol–water partition coefficient (Wildman–Crippen LogP) is 11.3. The SMILES string of the molecule is c1ccc(-c2nc(-c3ccccc3)nc(-c3ccc(-c4ccc(-c5cccc6ccccc56)cc4)c4c3oc3ccccc34)n2)cc1. The van der Waals surface area contributed by atoms with Crippen LogP contribution in [0.15, 0.2) is 168 Å². The van der Waals surface area contributed by atoms with E-state index in [4.69, 9.17) is 19.4 Å². The fourth-order valence-corrected chi connectivity index (χ4v) is 6.48. The summed E-state index contributed by atoms with van der Waals surface area (Å²) in [6.07, 6.45) is 0. The van der Waals surface area contributed by atoms with Gasteiger partial charge in [0.25, 0.3) is 0 Å². The third-order valence-corrected chi connectivity index (χ3v) is 8.76. The average Bonchev–Trinajstić information content (AvgIpc) is 3.55. The zero-order chi connectivity index (χ0) is 31.2. The molecule has 0 bridgehead atoms. The van der Waals surface area contributed by atoms with Gasteiger partial charge in [-0.15, -0.1) is 0 Å². The molecule has 2 heterocycles. The molecule has 0 aliphatic rings. The van der Waals surface area contributed by atoms with Crippen molar-refractivity contribution in [3.8, 4) is 56.4 Å². The molecular formula is C43H27N3O. The normalized spacial score (nSPS) is 11.4. The molecule has 0 aliphatic heterocycles. The largest absolute Gasteiger partial charge is 0.455 e. The average molecular weight is 602 g/mol. The highest BCUT2D eigenvalue weighted by atomic mass is 16.3. The summed E-state index contributed by atoms with van der Waals surface area (Å²) in [5.41, 5.74) is 8.87. The first kappa shape index (κ1) is 27.0. The van der Waals surface area contributed by atoms with E-state index in [2.05, 4.69) is 91.0 Å². The Hall–Kier alpha value is -6.39. The second-order valence-electron chi connectivity index (χ2n) is 11.6. The Bertz CT molecular complexity index is 2490. The Morgan fingerprint density at radius 1 is 0.340 bits per heavy atom. The van der Waals surface area contributed by atoms with E-state index in [0.717, 1.165) is 49.8 Å². The maximum atomic E-state index is 6.63. The van der Waals surface area contributed by atoms with Gasteiger partial charge in [0.1, 0.15) is 11.2 Å². The van der Waals surface area contributed by atoms with Crippen LogP contribution >= 0.6 is 0 Å². The first-order valence-corrected chi connectivity index (χ1v) is 15.7. The number of fused-ring (bicyclic) bond motifs is 4. The lowest BCUT2D eigenvalue weighted by atomic mass is 9.94. The third-order valence-electron chi connectivity index (χ3n) is 8.76. The minimum absolute atomic E-state index is 0.569. The van der Waals surface area contributed by atoms with Gasteiger partial charge in [-0.05, 0) is 45.2 Å². The van der Waals surface area contributed by atoms with Crippen molar-refractivity contribution in [3.05, 3.63) is 164 Å². The van der Waals surface area contributed by atoms with Crippen LogP contribution in [0.1, 0.15) is 0 Å². The van der Waals surface area contributed by atoms with Crippen molar-refractivity contribution in [2.24, 2.45) is 0 Å². The highest BCUT2D eigenvalue weighted by Gasteiger charge is 2.20. The number of furan rings is 1. The first-order valence-electron chi connectivity index (χ1n) is 15.7. The fourth-order valence-electron chi connectivity index (χ4n) is 6.48. The lowest BCUT2D eigenvalue weighted by Gasteiger charge is -2.11. The van der Waals surface area contributed by atoms with Crippen LogP contribution in [0.25, 0.3) is 89.1 Å². The number of hydrogen-bond donors (Lipinski definition) is 0.